The molecule has 0 aromatic heterocycles. The van der Waals surface area contributed by atoms with E-state index in [1.807, 2.05) is 0 Å². The van der Waals surface area contributed by atoms with Gasteiger partial charge in [-0.15, -0.1) is 0 Å². The number of amides is 3. The third kappa shape index (κ3) is 6.66. The van der Waals surface area contributed by atoms with E-state index in [4.69, 9.17) is 15.5 Å². The molecule has 0 saturated heterocycles. The number of hydrogen-bond donors (Lipinski definition) is 5. The maximum absolute atomic E-state index is 12.1. The van der Waals surface area contributed by atoms with E-state index in [2.05, 4.69) is 10.6 Å². The van der Waals surface area contributed by atoms with Gasteiger partial charge in [0.1, 0.15) is 17.9 Å². The fraction of sp³-hybridized carbons (Fsp3) is 0.750. The van der Waals surface area contributed by atoms with Gasteiger partial charge in [-0.05, 0) is 27.7 Å². The molecule has 23 heavy (non-hydrogen) atoms. The van der Waals surface area contributed by atoms with E-state index in [1.54, 1.807) is 0 Å². The first-order valence-corrected chi connectivity index (χ1v) is 8.65. The van der Waals surface area contributed by atoms with E-state index in [-0.39, 0.29) is 0 Å². The second-order valence-corrected chi connectivity index (χ2v) is 7.34. The molecular weight excluding hydrogens is 327 g/mol. The van der Waals surface area contributed by atoms with Crippen LogP contribution in [0.1, 0.15) is 27.7 Å². The summed E-state index contributed by atoms with van der Waals surface area (Å²) < 4.78 is 11.2. The smallest absolute Gasteiger partial charge is 0.343 e. The summed E-state index contributed by atoms with van der Waals surface area (Å²) in [4.78, 5) is 54.4. The van der Waals surface area contributed by atoms with Gasteiger partial charge < -0.3 is 31.1 Å². The van der Waals surface area contributed by atoms with E-state index in [0.717, 1.165) is 4.90 Å². The first-order valence-electron chi connectivity index (χ1n) is 6.97. The average molecular weight is 352 g/mol. The molecule has 4 atom stereocenters. The van der Waals surface area contributed by atoms with E-state index >= 15 is 0 Å². The molecule has 0 heterocycles. The summed E-state index contributed by atoms with van der Waals surface area (Å²) in [6.45, 7) is 5.47. The third-order valence-electron chi connectivity index (χ3n) is 3.29. The van der Waals surface area contributed by atoms with Crippen LogP contribution in [0.15, 0.2) is 0 Å². The van der Waals surface area contributed by atoms with E-state index in [1.165, 1.54) is 34.7 Å². The molecule has 0 aromatic carbocycles. The number of carbonyl (C=O) groups is 3. The van der Waals surface area contributed by atoms with Gasteiger partial charge in [-0.2, -0.15) is 0 Å². The molecule has 0 aliphatic rings. The summed E-state index contributed by atoms with van der Waals surface area (Å²) in [6.07, 6.45) is 0. The Bertz CT molecular complexity index is 506. The van der Waals surface area contributed by atoms with E-state index < -0.39 is 49.2 Å². The lowest BCUT2D eigenvalue weighted by molar-refractivity contribution is -0.136. The predicted molar refractivity (Wildman–Crippen MR) is 83.1 cm³/mol. The molecule has 10 nitrogen and oxygen atoms in total. The molecule has 134 valence electrons. The first-order chi connectivity index (χ1) is 10.3. The molecule has 3 amide bonds. The average Bonchev–Trinajstić information content (AvgIpc) is 2.43. The van der Waals surface area contributed by atoms with Crippen molar-refractivity contribution in [2.75, 3.05) is 7.05 Å². The van der Waals surface area contributed by atoms with E-state index in [9.17, 15) is 18.9 Å². The lowest BCUT2D eigenvalue weighted by atomic mass is 10.2. The summed E-state index contributed by atoms with van der Waals surface area (Å²) in [7, 11) is -3.24. The summed E-state index contributed by atoms with van der Waals surface area (Å²) in [6, 6.07) is -2.70. The number of carbonyl (C=O) groups excluding carboxylic acids is 3. The lowest BCUT2D eigenvalue weighted by Gasteiger charge is -2.28. The summed E-state index contributed by atoms with van der Waals surface area (Å²) >= 11 is 0. The van der Waals surface area contributed by atoms with Crippen molar-refractivity contribution in [2.45, 2.75) is 51.6 Å². The molecule has 0 saturated carbocycles. The zero-order valence-electron chi connectivity index (χ0n) is 13.8. The maximum atomic E-state index is 12.1. The lowest BCUT2D eigenvalue weighted by Crippen LogP contribution is -2.54. The van der Waals surface area contributed by atoms with Gasteiger partial charge in [-0.25, -0.2) is 0 Å². The number of rotatable bonds is 7. The van der Waals surface area contributed by atoms with Crippen molar-refractivity contribution in [2.24, 2.45) is 5.73 Å². The Hall–Kier alpha value is -1.48. The van der Waals surface area contributed by atoms with Crippen LogP contribution < -0.4 is 16.4 Å². The Morgan fingerprint density at radius 2 is 1.43 bits per heavy atom. The molecule has 0 unspecified atom stereocenters. The van der Waals surface area contributed by atoms with Crippen molar-refractivity contribution < 1.29 is 28.7 Å². The minimum Gasteiger partial charge on any atom is -0.343 e. The number of likely N-dealkylation sites (N-methyl/N-ethyl adjacent to an activating group) is 1. The fourth-order valence-electron chi connectivity index (χ4n) is 1.53. The van der Waals surface area contributed by atoms with Crippen LogP contribution in [-0.4, -0.2) is 63.4 Å². The maximum Gasteiger partial charge on any atom is 0.347 e. The quantitative estimate of drug-likeness (QED) is 0.342. The molecule has 0 spiro atoms. The molecule has 0 bridgehead atoms. The van der Waals surface area contributed by atoms with Crippen LogP contribution in [0.5, 0.6) is 0 Å². The molecule has 0 aliphatic carbocycles. The molecule has 6 N–H and O–H groups in total. The van der Waals surface area contributed by atoms with Crippen LogP contribution in [0, 0.1) is 0 Å². The van der Waals surface area contributed by atoms with Crippen LogP contribution in [-0.2, 0) is 18.9 Å². The second-order valence-electron chi connectivity index (χ2n) is 5.42. The van der Waals surface area contributed by atoms with Gasteiger partial charge in [0.2, 0.25) is 17.7 Å². The Labute approximate surface area is 134 Å². The highest BCUT2D eigenvalue weighted by Crippen LogP contribution is 2.42. The summed E-state index contributed by atoms with van der Waals surface area (Å²) in [5, 5.41) is 4.75. The van der Waals surface area contributed by atoms with Crippen LogP contribution in [0.4, 0.5) is 0 Å². The standard InChI is InChI=1S/C12H25N4O6P/c1-6(13)10(17)14-7(2)11(18)15-8(3)12(19)16(5)9(4)23(20,21)22/h6-9H,13H2,1-5H3,(H,14,17)(H,15,18)(H2,20,21,22)/t6-,7-,8-,9+/m0/s1. The minimum absolute atomic E-state index is 0.515. The van der Waals surface area contributed by atoms with Crippen molar-refractivity contribution in [1.82, 2.24) is 15.5 Å². The SMILES string of the molecule is C[C@H](N)C(=O)N[C@@H](C)C(=O)N[C@@H](C)C(=O)N(C)[C@@H](C)P(=O)(O)O. The van der Waals surface area contributed by atoms with Gasteiger partial charge in [0.25, 0.3) is 0 Å². The highest BCUT2D eigenvalue weighted by Gasteiger charge is 2.33. The Kier molecular flexibility index (Phi) is 7.85. The van der Waals surface area contributed by atoms with Gasteiger partial charge in [0.05, 0.1) is 6.04 Å². The van der Waals surface area contributed by atoms with Crippen molar-refractivity contribution >= 4 is 25.3 Å². The number of hydrogen-bond acceptors (Lipinski definition) is 5. The molecule has 0 fully saturated rings. The second kappa shape index (κ2) is 8.39. The van der Waals surface area contributed by atoms with E-state index in [0.29, 0.717) is 0 Å². The highest BCUT2D eigenvalue weighted by molar-refractivity contribution is 7.52. The van der Waals surface area contributed by atoms with Crippen molar-refractivity contribution in [3.8, 4) is 0 Å². The van der Waals surface area contributed by atoms with Gasteiger partial charge in [0, 0.05) is 7.05 Å². The van der Waals surface area contributed by atoms with Crippen LogP contribution in [0.3, 0.4) is 0 Å². The van der Waals surface area contributed by atoms with Gasteiger partial charge >= 0.3 is 7.60 Å². The van der Waals surface area contributed by atoms with Gasteiger partial charge in [-0.1, -0.05) is 0 Å². The topological polar surface area (TPSA) is 162 Å². The highest BCUT2D eigenvalue weighted by atomic mass is 31.2. The van der Waals surface area contributed by atoms with Crippen molar-refractivity contribution in [3.63, 3.8) is 0 Å². The molecule has 0 radical (unpaired) electrons. The predicted octanol–water partition coefficient (Wildman–Crippen LogP) is -1.67. The van der Waals surface area contributed by atoms with Gasteiger partial charge in [0.15, 0.2) is 0 Å². The summed E-state index contributed by atoms with van der Waals surface area (Å²) in [5.41, 5.74) is 5.37. The third-order valence-corrected chi connectivity index (χ3v) is 4.61. The number of nitrogens with one attached hydrogen (secondary N) is 2. The molecule has 0 rings (SSSR count). The zero-order chi connectivity index (χ0) is 18.5. The molecular formula is C12H25N4O6P. The summed E-state index contributed by atoms with van der Waals surface area (Å²) in [5.74, 6) is -3.11. The van der Waals surface area contributed by atoms with Crippen LogP contribution in [0.2, 0.25) is 0 Å². The molecule has 0 aromatic rings. The number of nitrogens with zero attached hydrogens (tertiary/aromatic N) is 1. The van der Waals surface area contributed by atoms with Crippen LogP contribution in [0.25, 0.3) is 0 Å². The van der Waals surface area contributed by atoms with Crippen molar-refractivity contribution in [1.29, 1.82) is 0 Å². The monoisotopic (exact) mass is 352 g/mol. The van der Waals surface area contributed by atoms with Gasteiger partial charge in [-0.3, -0.25) is 18.9 Å². The normalized spacial score (nSPS) is 16.7. The van der Waals surface area contributed by atoms with Crippen LogP contribution >= 0.6 is 7.60 Å². The zero-order valence-corrected chi connectivity index (χ0v) is 14.7. The number of nitrogens with two attached hydrogens (primary N) is 1. The molecule has 0 aliphatic heterocycles. The Balaban J connectivity index is 4.71. The Morgan fingerprint density at radius 3 is 1.83 bits per heavy atom. The Morgan fingerprint density at radius 1 is 1.00 bits per heavy atom. The minimum atomic E-state index is -4.47. The fourth-order valence-corrected chi connectivity index (χ4v) is 2.09. The first kappa shape index (κ1) is 21.5. The largest absolute Gasteiger partial charge is 0.347 e. The molecule has 11 heteroatoms. The van der Waals surface area contributed by atoms with Crippen molar-refractivity contribution in [3.05, 3.63) is 0 Å².